The average Bonchev–Trinajstić information content (AvgIpc) is 2.10. The number of ether oxygens (including phenoxy) is 1. The van der Waals surface area contributed by atoms with Crippen LogP contribution < -0.4 is 5.73 Å². The maximum atomic E-state index is 11.4. The van der Waals surface area contributed by atoms with Crippen LogP contribution in [0, 0.1) is 11.3 Å². The van der Waals surface area contributed by atoms with Gasteiger partial charge in [-0.3, -0.25) is 4.79 Å². The molecule has 84 valence electrons. The third-order valence-corrected chi connectivity index (χ3v) is 2.18. The Labute approximate surface area is 87.0 Å². The molecule has 1 unspecified atom stereocenters. The molecule has 3 nitrogen and oxygen atoms in total. The van der Waals surface area contributed by atoms with Gasteiger partial charge in [0.05, 0.1) is 6.61 Å². The summed E-state index contributed by atoms with van der Waals surface area (Å²) in [7, 11) is 0. The van der Waals surface area contributed by atoms with Crippen molar-refractivity contribution in [2.45, 2.75) is 47.1 Å². The van der Waals surface area contributed by atoms with E-state index in [1.165, 1.54) is 0 Å². The third kappa shape index (κ3) is 5.22. The summed E-state index contributed by atoms with van der Waals surface area (Å²) >= 11 is 0. The Hall–Kier alpha value is -0.570. The number of hydrogen-bond acceptors (Lipinski definition) is 3. The summed E-state index contributed by atoms with van der Waals surface area (Å²) in [6.07, 6.45) is 0.895. The van der Waals surface area contributed by atoms with Gasteiger partial charge >= 0.3 is 5.97 Å². The molecular weight excluding hydrogens is 178 g/mol. The molecule has 0 rings (SSSR count). The number of carbonyl (C=O) groups excluding carboxylic acids is 1. The van der Waals surface area contributed by atoms with Gasteiger partial charge in [-0.2, -0.15) is 0 Å². The number of rotatable bonds is 4. The fourth-order valence-electron chi connectivity index (χ4n) is 0.870. The van der Waals surface area contributed by atoms with Crippen LogP contribution >= 0.6 is 0 Å². The van der Waals surface area contributed by atoms with E-state index in [0.717, 1.165) is 6.42 Å². The summed E-state index contributed by atoms with van der Waals surface area (Å²) < 4.78 is 5.13. The molecule has 0 aromatic carbocycles. The summed E-state index contributed by atoms with van der Waals surface area (Å²) in [6, 6.07) is -0.484. The van der Waals surface area contributed by atoms with Gasteiger partial charge in [-0.25, -0.2) is 0 Å². The lowest BCUT2D eigenvalue weighted by molar-refractivity contribution is -0.149. The first kappa shape index (κ1) is 13.4. The molecule has 0 aliphatic carbocycles. The molecule has 0 saturated carbocycles. The van der Waals surface area contributed by atoms with Gasteiger partial charge in [0.2, 0.25) is 0 Å². The quantitative estimate of drug-likeness (QED) is 0.707. The highest BCUT2D eigenvalue weighted by atomic mass is 16.5. The molecule has 0 saturated heterocycles. The smallest absolute Gasteiger partial charge is 0.323 e. The molecule has 2 N–H and O–H groups in total. The molecular formula is C11H23NO2. The van der Waals surface area contributed by atoms with Crippen LogP contribution in [0.1, 0.15) is 41.0 Å². The normalized spacial score (nSPS) is 16.1. The Kier molecular flexibility index (Phi) is 5.13. The maximum Gasteiger partial charge on any atom is 0.323 e. The minimum Gasteiger partial charge on any atom is -0.464 e. The number of esters is 1. The molecule has 0 radical (unpaired) electrons. The van der Waals surface area contributed by atoms with Gasteiger partial charge in [0.1, 0.15) is 6.04 Å². The fraction of sp³-hybridized carbons (Fsp3) is 0.909. The summed E-state index contributed by atoms with van der Waals surface area (Å²) in [4.78, 5) is 11.4. The zero-order valence-electron chi connectivity index (χ0n) is 9.96. The van der Waals surface area contributed by atoms with E-state index < -0.39 is 6.04 Å². The number of carbonyl (C=O) groups is 1. The van der Waals surface area contributed by atoms with Crippen LogP contribution in [-0.4, -0.2) is 18.6 Å². The van der Waals surface area contributed by atoms with E-state index in [1.807, 2.05) is 34.6 Å². The highest BCUT2D eigenvalue weighted by Crippen LogP contribution is 2.14. The summed E-state index contributed by atoms with van der Waals surface area (Å²) in [6.45, 7) is 10.5. The lowest BCUT2D eigenvalue weighted by Gasteiger charge is -2.21. The standard InChI is InChI=1S/C11H23NO2/c1-6-8(2)9(12)10(13)14-7-11(3,4)5/h8-9H,6-7,12H2,1-5H3/t8?,9-/m0/s1. The minimum absolute atomic E-state index is 0.00479. The Balaban J connectivity index is 3.97. The van der Waals surface area contributed by atoms with Crippen molar-refractivity contribution in [3.05, 3.63) is 0 Å². The van der Waals surface area contributed by atoms with Crippen molar-refractivity contribution in [1.82, 2.24) is 0 Å². The zero-order valence-corrected chi connectivity index (χ0v) is 9.96. The first-order chi connectivity index (χ1) is 6.28. The van der Waals surface area contributed by atoms with E-state index in [0.29, 0.717) is 6.61 Å². The van der Waals surface area contributed by atoms with Gasteiger partial charge < -0.3 is 10.5 Å². The Bertz CT molecular complexity index is 184. The van der Waals surface area contributed by atoms with Crippen LogP contribution in [0.5, 0.6) is 0 Å². The second-order valence-corrected chi connectivity index (χ2v) is 5.08. The van der Waals surface area contributed by atoms with Crippen LogP contribution in [0.25, 0.3) is 0 Å². The number of hydrogen-bond donors (Lipinski definition) is 1. The van der Waals surface area contributed by atoms with Crippen LogP contribution in [0.3, 0.4) is 0 Å². The zero-order chi connectivity index (χ0) is 11.4. The van der Waals surface area contributed by atoms with E-state index in [9.17, 15) is 4.79 Å². The first-order valence-corrected chi connectivity index (χ1v) is 5.20. The van der Waals surface area contributed by atoms with Gasteiger partial charge in [-0.15, -0.1) is 0 Å². The van der Waals surface area contributed by atoms with Gasteiger partial charge in [-0.1, -0.05) is 41.0 Å². The molecule has 0 aromatic rings. The monoisotopic (exact) mass is 201 g/mol. The second kappa shape index (κ2) is 5.35. The molecule has 0 fully saturated rings. The first-order valence-electron chi connectivity index (χ1n) is 5.20. The molecule has 0 amide bonds. The Morgan fingerprint density at radius 3 is 2.29 bits per heavy atom. The van der Waals surface area contributed by atoms with E-state index in [4.69, 9.17) is 10.5 Å². The summed E-state index contributed by atoms with van der Waals surface area (Å²) in [5.41, 5.74) is 5.73. The van der Waals surface area contributed by atoms with Gasteiger partial charge in [0.25, 0.3) is 0 Å². The molecule has 0 aromatic heterocycles. The lowest BCUT2D eigenvalue weighted by atomic mass is 9.98. The summed E-state index contributed by atoms with van der Waals surface area (Å²) in [5.74, 6) is -0.100. The van der Waals surface area contributed by atoms with Gasteiger partial charge in [-0.05, 0) is 11.3 Å². The Morgan fingerprint density at radius 2 is 1.93 bits per heavy atom. The molecule has 14 heavy (non-hydrogen) atoms. The van der Waals surface area contributed by atoms with Crippen molar-refractivity contribution < 1.29 is 9.53 Å². The van der Waals surface area contributed by atoms with Crippen molar-refractivity contribution in [3.8, 4) is 0 Å². The molecule has 3 heteroatoms. The predicted octanol–water partition coefficient (Wildman–Crippen LogP) is 1.95. The molecule has 0 heterocycles. The van der Waals surface area contributed by atoms with Gasteiger partial charge in [0, 0.05) is 0 Å². The lowest BCUT2D eigenvalue weighted by Crippen LogP contribution is -2.39. The van der Waals surface area contributed by atoms with Crippen molar-refractivity contribution in [2.24, 2.45) is 17.1 Å². The minimum atomic E-state index is -0.484. The highest BCUT2D eigenvalue weighted by molar-refractivity contribution is 5.75. The highest BCUT2D eigenvalue weighted by Gasteiger charge is 2.22. The molecule has 0 aliphatic heterocycles. The second-order valence-electron chi connectivity index (χ2n) is 5.08. The van der Waals surface area contributed by atoms with E-state index in [2.05, 4.69) is 0 Å². The van der Waals surface area contributed by atoms with Crippen molar-refractivity contribution >= 4 is 5.97 Å². The van der Waals surface area contributed by atoms with Gasteiger partial charge in [0.15, 0.2) is 0 Å². The topological polar surface area (TPSA) is 52.3 Å². The van der Waals surface area contributed by atoms with Crippen molar-refractivity contribution in [2.75, 3.05) is 6.61 Å². The summed E-state index contributed by atoms with van der Waals surface area (Å²) in [5, 5.41) is 0. The largest absolute Gasteiger partial charge is 0.464 e. The van der Waals surface area contributed by atoms with Crippen LogP contribution in [0.2, 0.25) is 0 Å². The Morgan fingerprint density at radius 1 is 1.43 bits per heavy atom. The molecule has 0 bridgehead atoms. The fourth-order valence-corrected chi connectivity index (χ4v) is 0.870. The molecule has 0 spiro atoms. The van der Waals surface area contributed by atoms with E-state index in [-0.39, 0.29) is 17.3 Å². The molecule has 2 atom stereocenters. The van der Waals surface area contributed by atoms with Crippen molar-refractivity contribution in [3.63, 3.8) is 0 Å². The number of nitrogens with two attached hydrogens (primary N) is 1. The maximum absolute atomic E-state index is 11.4. The van der Waals surface area contributed by atoms with E-state index in [1.54, 1.807) is 0 Å². The predicted molar refractivity (Wildman–Crippen MR) is 57.8 cm³/mol. The van der Waals surface area contributed by atoms with Crippen molar-refractivity contribution in [1.29, 1.82) is 0 Å². The van der Waals surface area contributed by atoms with E-state index >= 15 is 0 Å². The molecule has 0 aliphatic rings. The average molecular weight is 201 g/mol. The third-order valence-electron chi connectivity index (χ3n) is 2.18. The van der Waals surface area contributed by atoms with Crippen LogP contribution in [0.15, 0.2) is 0 Å². The van der Waals surface area contributed by atoms with Crippen LogP contribution in [-0.2, 0) is 9.53 Å². The SMILES string of the molecule is CCC(C)[C@H](N)C(=O)OCC(C)(C)C. The van der Waals surface area contributed by atoms with Crippen LogP contribution in [0.4, 0.5) is 0 Å².